The molecule has 0 spiro atoms. The van der Waals surface area contributed by atoms with E-state index >= 15 is 0 Å². The molecular weight excluding hydrogens is 190 g/mol. The molecule has 0 unspecified atom stereocenters. The minimum Gasteiger partial charge on any atom is -0.485 e. The number of hydrogen-bond donors (Lipinski definition) is 1. The highest BCUT2D eigenvalue weighted by atomic mass is 16.5. The van der Waals surface area contributed by atoms with E-state index in [0.717, 1.165) is 31.4 Å². The Bertz CT molecular complexity index is 230. The second kappa shape index (κ2) is 6.49. The number of hydrogen-bond acceptors (Lipinski definition) is 3. The average Bonchev–Trinajstić information content (AvgIpc) is 2.27. The summed E-state index contributed by atoms with van der Waals surface area (Å²) in [4.78, 5) is 10.9. The van der Waals surface area contributed by atoms with Gasteiger partial charge in [0.2, 0.25) is 0 Å². The molecule has 1 saturated carbocycles. The molecule has 0 bridgehead atoms. The van der Waals surface area contributed by atoms with E-state index in [0.29, 0.717) is 5.76 Å². The Hall–Kier alpha value is -0.990. The van der Waals surface area contributed by atoms with E-state index in [-0.39, 0.29) is 6.10 Å². The van der Waals surface area contributed by atoms with Crippen molar-refractivity contribution in [3.8, 4) is 0 Å². The summed E-state index contributed by atoms with van der Waals surface area (Å²) in [5, 5.41) is 3.11. The Labute approximate surface area is 91.9 Å². The number of allylic oxidation sites excluding steroid dienone is 2. The van der Waals surface area contributed by atoms with Crippen LogP contribution >= 0.6 is 0 Å². The molecule has 1 fully saturated rings. The monoisotopic (exact) mass is 211 g/mol. The normalized spacial score (nSPS) is 19.3. The van der Waals surface area contributed by atoms with Gasteiger partial charge in [0.15, 0.2) is 12.0 Å². The van der Waals surface area contributed by atoms with Crippen LogP contribution in [0, 0.1) is 0 Å². The lowest BCUT2D eigenvalue weighted by Crippen LogP contribution is -2.20. The maximum Gasteiger partial charge on any atom is 0.186 e. The van der Waals surface area contributed by atoms with Gasteiger partial charge in [0, 0.05) is 6.54 Å². The molecule has 1 aliphatic carbocycles. The molecule has 15 heavy (non-hydrogen) atoms. The van der Waals surface area contributed by atoms with Gasteiger partial charge in [-0.15, -0.1) is 0 Å². The van der Waals surface area contributed by atoms with Crippen LogP contribution in [0.3, 0.4) is 0 Å². The third kappa shape index (κ3) is 3.94. The number of aldehydes is 1. The highest BCUT2D eigenvalue weighted by Gasteiger charge is 2.16. The van der Waals surface area contributed by atoms with Crippen molar-refractivity contribution < 1.29 is 9.53 Å². The Morgan fingerprint density at radius 1 is 1.40 bits per heavy atom. The summed E-state index contributed by atoms with van der Waals surface area (Å²) in [5.41, 5.74) is 0.845. The number of nitrogens with one attached hydrogen (secondary N) is 1. The summed E-state index contributed by atoms with van der Waals surface area (Å²) in [6.45, 7) is 4.71. The van der Waals surface area contributed by atoms with Crippen molar-refractivity contribution in [1.29, 1.82) is 0 Å². The fourth-order valence-corrected chi connectivity index (χ4v) is 1.92. The van der Waals surface area contributed by atoms with Crippen LogP contribution in [0.2, 0.25) is 0 Å². The summed E-state index contributed by atoms with van der Waals surface area (Å²) < 4.78 is 5.70. The highest BCUT2D eigenvalue weighted by molar-refractivity contribution is 5.71. The van der Waals surface area contributed by atoms with Crippen LogP contribution in [0.4, 0.5) is 0 Å². The molecule has 3 nitrogen and oxygen atoms in total. The first-order chi connectivity index (χ1) is 7.27. The predicted molar refractivity (Wildman–Crippen MR) is 60.4 cm³/mol. The summed E-state index contributed by atoms with van der Waals surface area (Å²) in [6.07, 6.45) is 6.95. The van der Waals surface area contributed by atoms with Gasteiger partial charge in [-0.2, -0.15) is 0 Å². The van der Waals surface area contributed by atoms with Gasteiger partial charge in [-0.3, -0.25) is 4.79 Å². The van der Waals surface area contributed by atoms with Crippen LogP contribution in [0.15, 0.2) is 11.5 Å². The van der Waals surface area contributed by atoms with Crippen molar-refractivity contribution >= 4 is 6.29 Å². The fourth-order valence-electron chi connectivity index (χ4n) is 1.92. The molecule has 0 atom stereocenters. The Morgan fingerprint density at radius 2 is 2.07 bits per heavy atom. The number of carbonyl (C=O) groups is 1. The van der Waals surface area contributed by atoms with Gasteiger partial charge < -0.3 is 10.1 Å². The quantitative estimate of drug-likeness (QED) is 0.431. The van der Waals surface area contributed by atoms with Crippen molar-refractivity contribution in [2.45, 2.75) is 52.1 Å². The van der Waals surface area contributed by atoms with Crippen LogP contribution in [-0.2, 0) is 9.53 Å². The first-order valence-corrected chi connectivity index (χ1v) is 5.84. The van der Waals surface area contributed by atoms with Crippen LogP contribution in [0.25, 0.3) is 0 Å². The lowest BCUT2D eigenvalue weighted by atomic mass is 9.98. The maximum atomic E-state index is 10.9. The molecule has 1 N–H and O–H groups in total. The van der Waals surface area contributed by atoms with E-state index in [2.05, 4.69) is 5.32 Å². The van der Waals surface area contributed by atoms with Gasteiger partial charge >= 0.3 is 0 Å². The van der Waals surface area contributed by atoms with Gasteiger partial charge in [0.05, 0.1) is 11.8 Å². The smallest absolute Gasteiger partial charge is 0.186 e. The van der Waals surface area contributed by atoms with Crippen LogP contribution in [-0.4, -0.2) is 18.9 Å². The van der Waals surface area contributed by atoms with Crippen molar-refractivity contribution in [3.63, 3.8) is 0 Å². The van der Waals surface area contributed by atoms with Crippen molar-refractivity contribution in [2.75, 3.05) is 6.54 Å². The standard InChI is InChI=1S/C12H21NO2/c1-3-13-10(2)12(9-14)15-11-7-5-4-6-8-11/h9,11,13H,3-8H2,1-2H3/b12-10-. The van der Waals surface area contributed by atoms with Crippen LogP contribution in [0.1, 0.15) is 46.0 Å². The molecule has 1 rings (SSSR count). The molecule has 0 aromatic rings. The largest absolute Gasteiger partial charge is 0.485 e. The molecule has 0 amide bonds. The maximum absolute atomic E-state index is 10.9. The lowest BCUT2D eigenvalue weighted by molar-refractivity contribution is -0.109. The zero-order valence-corrected chi connectivity index (χ0v) is 9.71. The first kappa shape index (κ1) is 12.1. The van der Waals surface area contributed by atoms with E-state index in [1.165, 1.54) is 19.3 Å². The zero-order chi connectivity index (χ0) is 11.1. The fraction of sp³-hybridized carbons (Fsp3) is 0.750. The molecule has 1 aliphatic rings. The first-order valence-electron chi connectivity index (χ1n) is 5.84. The van der Waals surface area contributed by atoms with Gasteiger partial charge in [-0.25, -0.2) is 0 Å². The third-order valence-electron chi connectivity index (χ3n) is 2.76. The van der Waals surface area contributed by atoms with Crippen LogP contribution < -0.4 is 5.32 Å². The van der Waals surface area contributed by atoms with Crippen molar-refractivity contribution in [1.82, 2.24) is 5.32 Å². The zero-order valence-electron chi connectivity index (χ0n) is 9.71. The summed E-state index contributed by atoms with van der Waals surface area (Å²) >= 11 is 0. The predicted octanol–water partition coefficient (Wildman–Crippen LogP) is 2.38. The van der Waals surface area contributed by atoms with E-state index in [4.69, 9.17) is 4.74 Å². The van der Waals surface area contributed by atoms with E-state index in [1.807, 2.05) is 13.8 Å². The van der Waals surface area contributed by atoms with E-state index < -0.39 is 0 Å². The molecule has 0 aliphatic heterocycles. The molecule has 0 heterocycles. The minimum atomic E-state index is 0.243. The molecular formula is C12H21NO2. The summed E-state index contributed by atoms with van der Waals surface area (Å²) in [6, 6.07) is 0. The Kier molecular flexibility index (Phi) is 5.22. The Balaban J connectivity index is 2.51. The average molecular weight is 211 g/mol. The van der Waals surface area contributed by atoms with Crippen LogP contribution in [0.5, 0.6) is 0 Å². The SMILES string of the molecule is CCN/C(C)=C(/C=O)OC1CCCCC1. The molecule has 0 aromatic carbocycles. The van der Waals surface area contributed by atoms with Gasteiger partial charge in [0.25, 0.3) is 0 Å². The number of carbonyl (C=O) groups excluding carboxylic acids is 1. The van der Waals surface area contributed by atoms with Gasteiger partial charge in [-0.1, -0.05) is 6.42 Å². The third-order valence-corrected chi connectivity index (χ3v) is 2.76. The van der Waals surface area contributed by atoms with Gasteiger partial charge in [0.1, 0.15) is 0 Å². The molecule has 3 heteroatoms. The second-order valence-electron chi connectivity index (χ2n) is 4.02. The molecule has 86 valence electrons. The second-order valence-corrected chi connectivity index (χ2v) is 4.02. The minimum absolute atomic E-state index is 0.243. The van der Waals surface area contributed by atoms with Gasteiger partial charge in [-0.05, 0) is 39.5 Å². The number of rotatable bonds is 5. The van der Waals surface area contributed by atoms with E-state index in [9.17, 15) is 4.79 Å². The Morgan fingerprint density at radius 3 is 2.60 bits per heavy atom. The molecule has 0 radical (unpaired) electrons. The number of ether oxygens (including phenoxy) is 1. The summed E-state index contributed by atoms with van der Waals surface area (Å²) in [5.74, 6) is 0.476. The highest BCUT2D eigenvalue weighted by Crippen LogP contribution is 2.22. The van der Waals surface area contributed by atoms with Crippen molar-refractivity contribution in [3.05, 3.63) is 11.5 Å². The molecule has 0 saturated heterocycles. The van der Waals surface area contributed by atoms with Crippen molar-refractivity contribution in [2.24, 2.45) is 0 Å². The summed E-state index contributed by atoms with van der Waals surface area (Å²) in [7, 11) is 0. The topological polar surface area (TPSA) is 38.3 Å². The van der Waals surface area contributed by atoms with E-state index in [1.54, 1.807) is 0 Å². The molecule has 0 aromatic heterocycles. The lowest BCUT2D eigenvalue weighted by Gasteiger charge is -2.23.